The van der Waals surface area contributed by atoms with Gasteiger partial charge in [-0.1, -0.05) is 12.1 Å². The van der Waals surface area contributed by atoms with Crippen molar-refractivity contribution < 1.29 is 9.72 Å². The normalized spacial score (nSPS) is 21.9. The summed E-state index contributed by atoms with van der Waals surface area (Å²) in [5, 5.41) is 15.0. The van der Waals surface area contributed by atoms with Gasteiger partial charge in [-0.2, -0.15) is 16.9 Å². The number of hydrazone groups is 1. The summed E-state index contributed by atoms with van der Waals surface area (Å²) in [6.07, 6.45) is 0.961. The summed E-state index contributed by atoms with van der Waals surface area (Å²) in [5.41, 5.74) is 3.21. The number of hydrogen-bond donors (Lipinski definition) is 1. The molecule has 1 aromatic carbocycles. The van der Waals surface area contributed by atoms with E-state index in [4.69, 9.17) is 0 Å². The summed E-state index contributed by atoms with van der Waals surface area (Å²) in [4.78, 5) is 24.4. The highest BCUT2D eigenvalue weighted by molar-refractivity contribution is 7.99. The molecule has 0 saturated carbocycles. The standard InChI is InChI=1S/C13H14N4O3S/c18-13-11-8-21-6-2-5-16(11)12(14-15-13)9-3-1-4-10(7-9)17(19)20/h1,3-4,7,11H,2,5-6,8H2,(H,15,18). The van der Waals surface area contributed by atoms with Gasteiger partial charge in [-0.05, 0) is 12.2 Å². The highest BCUT2D eigenvalue weighted by Gasteiger charge is 2.34. The molecule has 0 aromatic heterocycles. The summed E-state index contributed by atoms with van der Waals surface area (Å²) in [5.74, 6) is 2.20. The molecule has 0 spiro atoms. The number of benzene rings is 1. The topological polar surface area (TPSA) is 87.8 Å². The van der Waals surface area contributed by atoms with Gasteiger partial charge in [-0.25, -0.2) is 5.43 Å². The second-order valence-electron chi connectivity index (χ2n) is 4.86. The quantitative estimate of drug-likeness (QED) is 0.655. The Bertz CT molecular complexity index is 619. The summed E-state index contributed by atoms with van der Waals surface area (Å²) < 4.78 is 0. The minimum atomic E-state index is -0.429. The van der Waals surface area contributed by atoms with E-state index in [1.165, 1.54) is 12.1 Å². The molecule has 7 nitrogen and oxygen atoms in total. The summed E-state index contributed by atoms with van der Waals surface area (Å²) in [6.45, 7) is 0.729. The molecule has 21 heavy (non-hydrogen) atoms. The van der Waals surface area contributed by atoms with Crippen molar-refractivity contribution in [3.63, 3.8) is 0 Å². The molecule has 2 heterocycles. The molecule has 0 aliphatic carbocycles. The Morgan fingerprint density at radius 3 is 3.14 bits per heavy atom. The molecule has 1 N–H and O–H groups in total. The van der Waals surface area contributed by atoms with Crippen LogP contribution in [0.15, 0.2) is 29.4 Å². The largest absolute Gasteiger partial charge is 0.342 e. The van der Waals surface area contributed by atoms with Crippen LogP contribution in [0.2, 0.25) is 0 Å². The van der Waals surface area contributed by atoms with Gasteiger partial charge in [-0.15, -0.1) is 0 Å². The van der Waals surface area contributed by atoms with Crippen LogP contribution < -0.4 is 5.43 Å². The van der Waals surface area contributed by atoms with E-state index in [1.807, 2.05) is 4.90 Å². The van der Waals surface area contributed by atoms with Crippen molar-refractivity contribution in [1.29, 1.82) is 0 Å². The number of amides is 1. The smallest absolute Gasteiger partial charge is 0.270 e. The van der Waals surface area contributed by atoms with E-state index >= 15 is 0 Å². The predicted octanol–water partition coefficient (Wildman–Crippen LogP) is 1.19. The van der Waals surface area contributed by atoms with Crippen LogP contribution in [0.25, 0.3) is 0 Å². The molecule has 2 aliphatic rings. The zero-order valence-corrected chi connectivity index (χ0v) is 12.0. The second kappa shape index (κ2) is 5.72. The average Bonchev–Trinajstić information content (AvgIpc) is 2.74. The minimum absolute atomic E-state index is 0.0212. The summed E-state index contributed by atoms with van der Waals surface area (Å²) >= 11 is 1.74. The van der Waals surface area contributed by atoms with E-state index < -0.39 is 4.92 Å². The van der Waals surface area contributed by atoms with Gasteiger partial charge in [-0.3, -0.25) is 14.9 Å². The number of rotatable bonds is 2. The van der Waals surface area contributed by atoms with E-state index in [-0.39, 0.29) is 17.6 Å². The number of fused-ring (bicyclic) bond motifs is 1. The molecule has 3 rings (SSSR count). The number of amidine groups is 1. The molecule has 110 valence electrons. The fourth-order valence-corrected chi connectivity index (χ4v) is 3.54. The third-order valence-electron chi connectivity index (χ3n) is 3.50. The van der Waals surface area contributed by atoms with E-state index in [2.05, 4.69) is 10.5 Å². The molecule has 1 unspecified atom stereocenters. The highest BCUT2D eigenvalue weighted by atomic mass is 32.2. The second-order valence-corrected chi connectivity index (χ2v) is 6.01. The van der Waals surface area contributed by atoms with Gasteiger partial charge in [0.2, 0.25) is 0 Å². The molecule has 8 heteroatoms. The zero-order valence-electron chi connectivity index (χ0n) is 11.2. The molecule has 1 atom stereocenters. The van der Waals surface area contributed by atoms with E-state index in [9.17, 15) is 14.9 Å². The van der Waals surface area contributed by atoms with Crippen molar-refractivity contribution in [2.45, 2.75) is 12.5 Å². The maximum absolute atomic E-state index is 12.0. The molecule has 1 amide bonds. The Labute approximate surface area is 125 Å². The summed E-state index contributed by atoms with van der Waals surface area (Å²) in [7, 11) is 0. The fourth-order valence-electron chi connectivity index (χ4n) is 2.48. The van der Waals surface area contributed by atoms with Gasteiger partial charge in [0.25, 0.3) is 11.6 Å². The number of nitro groups is 1. The Balaban J connectivity index is 1.98. The number of carbonyl (C=O) groups is 1. The lowest BCUT2D eigenvalue weighted by molar-refractivity contribution is -0.384. The lowest BCUT2D eigenvalue weighted by Crippen LogP contribution is -2.54. The first kappa shape index (κ1) is 13.9. The van der Waals surface area contributed by atoms with Crippen molar-refractivity contribution in [1.82, 2.24) is 10.3 Å². The third-order valence-corrected chi connectivity index (χ3v) is 4.63. The van der Waals surface area contributed by atoms with Crippen molar-refractivity contribution >= 4 is 29.2 Å². The molecular weight excluding hydrogens is 292 g/mol. The van der Waals surface area contributed by atoms with Gasteiger partial charge < -0.3 is 4.90 Å². The monoisotopic (exact) mass is 306 g/mol. The van der Waals surface area contributed by atoms with E-state index in [0.717, 1.165) is 18.7 Å². The molecule has 1 aromatic rings. The minimum Gasteiger partial charge on any atom is -0.342 e. The predicted molar refractivity (Wildman–Crippen MR) is 80.2 cm³/mol. The number of nitrogens with zero attached hydrogens (tertiary/aromatic N) is 3. The first-order valence-corrected chi connectivity index (χ1v) is 7.79. The van der Waals surface area contributed by atoms with Crippen molar-refractivity contribution in [3.8, 4) is 0 Å². The van der Waals surface area contributed by atoms with Crippen LogP contribution in [-0.2, 0) is 4.79 Å². The number of hydrogen-bond acceptors (Lipinski definition) is 6. The van der Waals surface area contributed by atoms with Crippen LogP contribution >= 0.6 is 11.8 Å². The van der Waals surface area contributed by atoms with Crippen LogP contribution in [0.3, 0.4) is 0 Å². The number of non-ortho nitro benzene ring substituents is 1. The number of carbonyl (C=O) groups excluding carboxylic acids is 1. The molecule has 0 bridgehead atoms. The first-order valence-electron chi connectivity index (χ1n) is 6.63. The van der Waals surface area contributed by atoms with E-state index in [1.54, 1.807) is 23.9 Å². The van der Waals surface area contributed by atoms with Crippen molar-refractivity contribution in [2.24, 2.45) is 5.10 Å². The van der Waals surface area contributed by atoms with Crippen LogP contribution in [0.1, 0.15) is 12.0 Å². The molecule has 2 aliphatic heterocycles. The van der Waals surface area contributed by atoms with Gasteiger partial charge in [0.1, 0.15) is 6.04 Å². The Morgan fingerprint density at radius 1 is 1.48 bits per heavy atom. The molecule has 1 saturated heterocycles. The fraction of sp³-hybridized carbons (Fsp3) is 0.385. The Kier molecular flexibility index (Phi) is 3.78. The molecular formula is C13H14N4O3S. The third kappa shape index (κ3) is 2.71. The van der Waals surface area contributed by atoms with Crippen LogP contribution in [0.5, 0.6) is 0 Å². The zero-order chi connectivity index (χ0) is 14.8. The lowest BCUT2D eigenvalue weighted by Gasteiger charge is -2.34. The maximum Gasteiger partial charge on any atom is 0.270 e. The summed E-state index contributed by atoms with van der Waals surface area (Å²) in [6, 6.07) is 6.09. The maximum atomic E-state index is 12.0. The Hall–Kier alpha value is -2.09. The number of thioether (sulfide) groups is 1. The van der Waals surface area contributed by atoms with Gasteiger partial charge >= 0.3 is 0 Å². The van der Waals surface area contributed by atoms with Gasteiger partial charge in [0.05, 0.1) is 4.92 Å². The van der Waals surface area contributed by atoms with Crippen LogP contribution in [0, 0.1) is 10.1 Å². The van der Waals surface area contributed by atoms with Crippen molar-refractivity contribution in [3.05, 3.63) is 39.9 Å². The van der Waals surface area contributed by atoms with Crippen molar-refractivity contribution in [2.75, 3.05) is 18.1 Å². The Morgan fingerprint density at radius 2 is 2.33 bits per heavy atom. The number of nitrogens with one attached hydrogen (secondary N) is 1. The van der Waals surface area contributed by atoms with Crippen LogP contribution in [0.4, 0.5) is 5.69 Å². The SMILES string of the molecule is O=C1NN=C(c2cccc([N+](=O)[O-])c2)N2CCCSCC12. The van der Waals surface area contributed by atoms with Gasteiger partial charge in [0.15, 0.2) is 5.84 Å². The number of nitro benzene ring substituents is 1. The highest BCUT2D eigenvalue weighted by Crippen LogP contribution is 2.23. The van der Waals surface area contributed by atoms with Gasteiger partial charge in [0, 0.05) is 30.0 Å². The molecule has 0 radical (unpaired) electrons. The first-order chi connectivity index (χ1) is 10.2. The lowest BCUT2D eigenvalue weighted by atomic mass is 10.1. The average molecular weight is 306 g/mol. The molecule has 1 fully saturated rings. The van der Waals surface area contributed by atoms with Crippen LogP contribution in [-0.4, -0.2) is 45.7 Å². The van der Waals surface area contributed by atoms with E-state index in [0.29, 0.717) is 17.2 Å².